The van der Waals surface area contributed by atoms with Crippen molar-refractivity contribution < 1.29 is 0 Å². The van der Waals surface area contributed by atoms with Crippen LogP contribution in [0.1, 0.15) is 49.9 Å². The molecule has 0 saturated heterocycles. The molecule has 26 rings (SSSR count). The summed E-state index contributed by atoms with van der Waals surface area (Å²) in [7, 11) is 0. The fourth-order valence-corrected chi connectivity index (χ4v) is 20.5. The molecular formula is C132H92N8. The zero-order valence-corrected chi connectivity index (χ0v) is 77.8. The standard InChI is InChI=1S/2C44H31N3.C44H30N2/c1-44(2)39-19-11-10-18-36(39)37-23-22-32(27-40(37)44)42-45-41(31-21-20-28-12-6-7-15-30(28)26-31)46-43(47-42)38-25-24-33(29-13-4-3-5-14-29)34-16-8-9-17-35(34)38;1-44(2)39-27-36(22-23-37(39)38-25-33-14-8-9-15-34(33)26-40(38)44)43-46-41(31-19-16-30(17-20-31)28-10-4-3-5-11-28)45-42(47-43)35-21-18-29-12-6-7-13-32(29)24-35;1-3-11-31(12-4-1)37-15-9-17-39(29-37)33-21-25-35(26-22-33)43-41-19-7-8-20-42(41)45-44(46-43)36-27-23-34(24-28-36)40-18-10-16-38(30-40)32-13-5-2-6-14-32/h2*3-27H,1-2H3;1-30H. The highest BCUT2D eigenvalue weighted by Crippen LogP contribution is 2.53. The van der Waals surface area contributed by atoms with Crippen LogP contribution in [0.4, 0.5) is 0 Å². The largest absolute Gasteiger partial charge is 0.228 e. The summed E-state index contributed by atoms with van der Waals surface area (Å²) in [5.41, 5.74) is 34.2. The van der Waals surface area contributed by atoms with Gasteiger partial charge in [0.05, 0.1) is 11.2 Å². The second kappa shape index (κ2) is 36.0. The predicted molar refractivity (Wildman–Crippen MR) is 580 cm³/mol. The third kappa shape index (κ3) is 16.3. The van der Waals surface area contributed by atoms with E-state index in [2.05, 4.69) is 495 Å². The van der Waals surface area contributed by atoms with Gasteiger partial charge in [-0.2, -0.15) is 0 Å². The molecule has 2 aliphatic carbocycles. The van der Waals surface area contributed by atoms with Gasteiger partial charge in [-0.05, 0) is 215 Å². The van der Waals surface area contributed by atoms with Gasteiger partial charge in [0, 0.05) is 60.7 Å². The summed E-state index contributed by atoms with van der Waals surface area (Å²) in [4.78, 5) is 40.9. The third-order valence-corrected chi connectivity index (χ3v) is 27.9. The van der Waals surface area contributed by atoms with Crippen LogP contribution in [0, 0.1) is 0 Å². The van der Waals surface area contributed by atoms with E-state index in [-0.39, 0.29) is 10.8 Å². The van der Waals surface area contributed by atoms with Crippen molar-refractivity contribution in [3.05, 3.63) is 508 Å². The zero-order valence-electron chi connectivity index (χ0n) is 77.8. The van der Waals surface area contributed by atoms with Gasteiger partial charge in [-0.15, -0.1) is 0 Å². The molecule has 0 saturated carbocycles. The molecule has 2 aliphatic rings. The Labute approximate surface area is 814 Å². The van der Waals surface area contributed by atoms with Crippen LogP contribution in [0.25, 0.3) is 234 Å². The van der Waals surface area contributed by atoms with Gasteiger partial charge in [0.2, 0.25) is 0 Å². The topological polar surface area (TPSA) is 103 Å². The first-order chi connectivity index (χ1) is 68.8. The van der Waals surface area contributed by atoms with Crippen LogP contribution in [0.3, 0.4) is 0 Å². The molecule has 660 valence electrons. The Morgan fingerprint density at radius 1 is 0.136 bits per heavy atom. The van der Waals surface area contributed by atoms with Gasteiger partial charge in [0.15, 0.2) is 40.8 Å². The summed E-state index contributed by atoms with van der Waals surface area (Å²) < 4.78 is 0. The van der Waals surface area contributed by atoms with Crippen molar-refractivity contribution in [3.8, 4) is 180 Å². The van der Waals surface area contributed by atoms with E-state index in [1.165, 1.54) is 127 Å². The predicted octanol–water partition coefficient (Wildman–Crippen LogP) is 33.9. The molecule has 8 heteroatoms. The van der Waals surface area contributed by atoms with E-state index in [1.54, 1.807) is 0 Å². The number of rotatable bonds is 14. The van der Waals surface area contributed by atoms with Crippen molar-refractivity contribution in [3.63, 3.8) is 0 Å². The molecule has 0 unspecified atom stereocenters. The molecule has 0 fully saturated rings. The Kier molecular flexibility index (Phi) is 21.9. The number of hydrogen-bond donors (Lipinski definition) is 0. The molecular weight excluding hydrogens is 1700 g/mol. The second-order valence-corrected chi connectivity index (χ2v) is 37.3. The summed E-state index contributed by atoms with van der Waals surface area (Å²) in [5.74, 6) is 4.71. The van der Waals surface area contributed by atoms with Crippen LogP contribution in [-0.2, 0) is 10.8 Å². The number of fused-ring (bicyclic) bond motifs is 11. The molecule has 8 nitrogen and oxygen atoms in total. The summed E-state index contributed by atoms with van der Waals surface area (Å²) in [5, 5.41) is 10.5. The minimum absolute atomic E-state index is 0.123. The molecule has 3 heterocycles. The molecule has 3 aromatic heterocycles. The highest BCUT2D eigenvalue weighted by Gasteiger charge is 2.38. The lowest BCUT2D eigenvalue weighted by Crippen LogP contribution is -2.15. The van der Waals surface area contributed by atoms with Gasteiger partial charge in [-0.1, -0.05) is 452 Å². The average Bonchev–Trinajstić information content (AvgIpc) is 1.57. The highest BCUT2D eigenvalue weighted by atomic mass is 15.0. The maximum Gasteiger partial charge on any atom is 0.164 e. The maximum absolute atomic E-state index is 5.21. The SMILES string of the molecule is CC1(C)c2cc(-c3nc(-c4ccc(-c5ccccc5)cc4)nc(-c4ccc5ccccc5c4)n3)ccc2-c2cc3ccccc3cc21.CC1(C)c2ccccc2-c2ccc(-c3nc(-c4ccc5ccccc5c4)nc(-c4ccc(-c5ccccc5)c5ccccc45)n3)cc21.c1ccc(-c2cccc(-c3ccc(-c4nc(-c5ccc(-c6cccc(-c7ccccc7)c6)cc5)c5ccccc5n4)cc3)c2)cc1. The normalized spacial score (nSPS) is 12.4. The Balaban J connectivity index is 0.000000114. The fourth-order valence-electron chi connectivity index (χ4n) is 20.5. The smallest absolute Gasteiger partial charge is 0.164 e. The molecule has 0 atom stereocenters. The van der Waals surface area contributed by atoms with Crippen molar-refractivity contribution in [2.45, 2.75) is 38.5 Å². The molecule has 24 aromatic rings. The van der Waals surface area contributed by atoms with E-state index < -0.39 is 0 Å². The van der Waals surface area contributed by atoms with E-state index in [1.807, 2.05) is 18.2 Å². The number of para-hydroxylation sites is 1. The van der Waals surface area contributed by atoms with Gasteiger partial charge in [-0.3, -0.25) is 0 Å². The van der Waals surface area contributed by atoms with E-state index in [0.29, 0.717) is 34.9 Å². The number of aromatic nitrogens is 8. The van der Waals surface area contributed by atoms with Gasteiger partial charge in [-0.25, -0.2) is 39.9 Å². The van der Waals surface area contributed by atoms with Gasteiger partial charge in [0.25, 0.3) is 0 Å². The van der Waals surface area contributed by atoms with Crippen LogP contribution in [0.5, 0.6) is 0 Å². The van der Waals surface area contributed by atoms with Crippen LogP contribution in [-0.4, -0.2) is 39.9 Å². The number of benzene rings is 21. The van der Waals surface area contributed by atoms with Crippen LogP contribution < -0.4 is 0 Å². The Morgan fingerprint density at radius 3 is 0.929 bits per heavy atom. The van der Waals surface area contributed by atoms with Gasteiger partial charge >= 0.3 is 0 Å². The molecule has 21 aromatic carbocycles. The molecule has 0 N–H and O–H groups in total. The monoisotopic (exact) mass is 1790 g/mol. The summed E-state index contributed by atoms with van der Waals surface area (Å²) in [6.07, 6.45) is 0. The first kappa shape index (κ1) is 85.0. The van der Waals surface area contributed by atoms with Crippen molar-refractivity contribution in [2.75, 3.05) is 0 Å². The lowest BCUT2D eigenvalue weighted by atomic mass is 9.81. The maximum atomic E-state index is 5.21. The molecule has 0 bridgehead atoms. The van der Waals surface area contributed by atoms with Crippen LogP contribution >= 0.6 is 0 Å². The summed E-state index contributed by atoms with van der Waals surface area (Å²) in [6.45, 7) is 9.26. The van der Waals surface area contributed by atoms with E-state index in [0.717, 1.165) is 94.2 Å². The van der Waals surface area contributed by atoms with E-state index in [4.69, 9.17) is 39.9 Å². The lowest BCUT2D eigenvalue weighted by Gasteiger charge is -2.22. The number of hydrogen-bond acceptors (Lipinski definition) is 8. The Hall–Kier alpha value is -18.0. The fraction of sp³-hybridized carbons (Fsp3) is 0.0455. The second-order valence-electron chi connectivity index (χ2n) is 37.3. The van der Waals surface area contributed by atoms with E-state index in [9.17, 15) is 0 Å². The summed E-state index contributed by atoms with van der Waals surface area (Å²) >= 11 is 0. The Bertz CT molecular complexity index is 8890. The molecule has 0 radical (unpaired) electrons. The minimum atomic E-state index is -0.158. The Morgan fingerprint density at radius 2 is 0.429 bits per heavy atom. The lowest BCUT2D eigenvalue weighted by molar-refractivity contribution is 0.660. The average molecular weight is 1790 g/mol. The molecule has 0 amide bonds. The van der Waals surface area contributed by atoms with Crippen LogP contribution in [0.2, 0.25) is 0 Å². The molecule has 0 spiro atoms. The highest BCUT2D eigenvalue weighted by molar-refractivity contribution is 6.05. The zero-order chi connectivity index (χ0) is 93.8. The van der Waals surface area contributed by atoms with Crippen LogP contribution in [0.15, 0.2) is 485 Å². The molecule has 140 heavy (non-hydrogen) atoms. The van der Waals surface area contributed by atoms with Gasteiger partial charge in [0.1, 0.15) is 0 Å². The third-order valence-electron chi connectivity index (χ3n) is 27.9. The summed E-state index contributed by atoms with van der Waals surface area (Å²) in [6, 6.07) is 171. The first-order valence-corrected chi connectivity index (χ1v) is 47.8. The van der Waals surface area contributed by atoms with Crippen molar-refractivity contribution in [2.24, 2.45) is 0 Å². The van der Waals surface area contributed by atoms with Crippen molar-refractivity contribution in [1.82, 2.24) is 39.9 Å². The quantitative estimate of drug-likeness (QED) is 0.106. The first-order valence-electron chi connectivity index (χ1n) is 47.8. The van der Waals surface area contributed by atoms with E-state index >= 15 is 0 Å². The minimum Gasteiger partial charge on any atom is -0.228 e. The van der Waals surface area contributed by atoms with Crippen molar-refractivity contribution in [1.29, 1.82) is 0 Å². The number of nitrogens with zero attached hydrogens (tertiary/aromatic N) is 8. The molecule has 0 aliphatic heterocycles. The van der Waals surface area contributed by atoms with Gasteiger partial charge < -0.3 is 0 Å². The van der Waals surface area contributed by atoms with Crippen molar-refractivity contribution >= 4 is 54.0 Å².